The lowest BCUT2D eigenvalue weighted by Gasteiger charge is -2.15. The van der Waals surface area contributed by atoms with Crippen molar-refractivity contribution in [1.82, 2.24) is 10.2 Å². The Morgan fingerprint density at radius 3 is 3.10 bits per heavy atom. The average molecular weight is 270 g/mol. The highest BCUT2D eigenvalue weighted by molar-refractivity contribution is 5.96. The molecule has 1 aromatic carbocycles. The maximum absolute atomic E-state index is 12.5. The van der Waals surface area contributed by atoms with Gasteiger partial charge in [-0.3, -0.25) is 4.79 Å². The second-order valence-electron chi connectivity index (χ2n) is 5.97. The van der Waals surface area contributed by atoms with Gasteiger partial charge in [-0.25, -0.2) is 0 Å². The van der Waals surface area contributed by atoms with Crippen molar-refractivity contribution < 1.29 is 9.21 Å². The molecule has 4 rings (SSSR count). The summed E-state index contributed by atoms with van der Waals surface area (Å²) in [5, 5.41) is 4.47. The van der Waals surface area contributed by atoms with Crippen LogP contribution in [-0.4, -0.2) is 36.5 Å². The molecule has 0 saturated carbocycles. The van der Waals surface area contributed by atoms with Gasteiger partial charge < -0.3 is 14.6 Å². The van der Waals surface area contributed by atoms with Crippen LogP contribution < -0.4 is 5.32 Å². The number of nitrogens with zero attached hydrogens (tertiary/aromatic N) is 1. The Balaban J connectivity index is 1.61. The van der Waals surface area contributed by atoms with Gasteiger partial charge in [0.2, 0.25) is 0 Å². The van der Waals surface area contributed by atoms with E-state index in [9.17, 15) is 4.79 Å². The van der Waals surface area contributed by atoms with E-state index in [0.717, 1.165) is 30.6 Å². The normalized spacial score (nSPS) is 25.4. The molecule has 20 heavy (non-hydrogen) atoms. The van der Waals surface area contributed by atoms with Gasteiger partial charge in [-0.1, -0.05) is 11.6 Å². The van der Waals surface area contributed by atoms with Crippen LogP contribution in [0.5, 0.6) is 0 Å². The summed E-state index contributed by atoms with van der Waals surface area (Å²) >= 11 is 0. The maximum atomic E-state index is 12.5. The summed E-state index contributed by atoms with van der Waals surface area (Å²) in [6.07, 6.45) is 1.17. The van der Waals surface area contributed by atoms with Crippen LogP contribution in [0.4, 0.5) is 0 Å². The van der Waals surface area contributed by atoms with E-state index in [-0.39, 0.29) is 5.91 Å². The van der Waals surface area contributed by atoms with Gasteiger partial charge >= 0.3 is 0 Å². The van der Waals surface area contributed by atoms with Crippen molar-refractivity contribution >= 4 is 16.9 Å². The van der Waals surface area contributed by atoms with Crippen LogP contribution in [0, 0.1) is 12.8 Å². The number of aryl methyl sites for hydroxylation is 1. The molecule has 0 bridgehead atoms. The minimum atomic E-state index is 0.0232. The van der Waals surface area contributed by atoms with Gasteiger partial charge in [0, 0.05) is 24.5 Å². The number of hydrogen-bond acceptors (Lipinski definition) is 3. The van der Waals surface area contributed by atoms with Crippen molar-refractivity contribution in [3.63, 3.8) is 0 Å². The van der Waals surface area contributed by atoms with Crippen LogP contribution in [0.2, 0.25) is 0 Å². The van der Waals surface area contributed by atoms with Crippen LogP contribution in [0.15, 0.2) is 28.7 Å². The van der Waals surface area contributed by atoms with E-state index >= 15 is 0 Å². The van der Waals surface area contributed by atoms with Crippen LogP contribution in [0.1, 0.15) is 22.5 Å². The molecule has 2 fully saturated rings. The average Bonchev–Trinajstić information content (AvgIpc) is 3.10. The first-order valence-electron chi connectivity index (χ1n) is 7.23. The first kappa shape index (κ1) is 12.0. The Morgan fingerprint density at radius 1 is 1.35 bits per heavy atom. The first-order valence-corrected chi connectivity index (χ1v) is 7.23. The summed E-state index contributed by atoms with van der Waals surface area (Å²) in [6.45, 7) is 4.79. The zero-order valence-electron chi connectivity index (χ0n) is 11.6. The van der Waals surface area contributed by atoms with E-state index in [0.29, 0.717) is 17.7 Å². The summed E-state index contributed by atoms with van der Waals surface area (Å²) in [5.74, 6) is 1.10. The molecule has 2 saturated heterocycles. The fraction of sp³-hybridized carbons (Fsp3) is 0.438. The lowest BCUT2D eigenvalue weighted by Crippen LogP contribution is -2.33. The smallest absolute Gasteiger partial charge is 0.289 e. The molecule has 1 amide bonds. The van der Waals surface area contributed by atoms with Crippen molar-refractivity contribution in [3.05, 3.63) is 35.6 Å². The number of likely N-dealkylation sites (tertiary alicyclic amines) is 1. The van der Waals surface area contributed by atoms with Gasteiger partial charge in [0.1, 0.15) is 5.58 Å². The molecule has 2 aliphatic heterocycles. The summed E-state index contributed by atoms with van der Waals surface area (Å²) < 4.78 is 5.71. The zero-order valence-corrected chi connectivity index (χ0v) is 11.6. The number of fused-ring (bicyclic) bond motifs is 2. The van der Waals surface area contributed by atoms with E-state index in [2.05, 4.69) is 11.4 Å². The summed E-state index contributed by atoms with van der Waals surface area (Å²) in [4.78, 5) is 14.5. The van der Waals surface area contributed by atoms with Crippen molar-refractivity contribution in [2.24, 2.45) is 5.92 Å². The Labute approximate surface area is 117 Å². The highest BCUT2D eigenvalue weighted by atomic mass is 16.3. The highest BCUT2D eigenvalue weighted by Gasteiger charge is 2.38. The molecule has 4 heteroatoms. The molecule has 1 N–H and O–H groups in total. The quantitative estimate of drug-likeness (QED) is 0.864. The Kier molecular flexibility index (Phi) is 2.60. The lowest BCUT2D eigenvalue weighted by molar-refractivity contribution is 0.0753. The van der Waals surface area contributed by atoms with Gasteiger partial charge in [-0.2, -0.15) is 0 Å². The predicted octanol–water partition coefficient (Wildman–Crippen LogP) is 2.18. The monoisotopic (exact) mass is 270 g/mol. The molecule has 2 aliphatic rings. The second-order valence-corrected chi connectivity index (χ2v) is 5.97. The molecule has 0 radical (unpaired) electrons. The number of nitrogens with one attached hydrogen (secondary N) is 1. The fourth-order valence-corrected chi connectivity index (χ4v) is 3.44. The van der Waals surface area contributed by atoms with Crippen molar-refractivity contribution in [3.8, 4) is 0 Å². The standard InChI is InChI=1S/C16H18N2O2/c1-10-2-3-14-12(6-10)7-15(20-14)16(19)18-8-11-4-5-17-13(11)9-18/h2-3,6-7,11,13,17H,4-5,8-9H2,1H3/t11-,13+/m0/s1. The van der Waals surface area contributed by atoms with E-state index in [4.69, 9.17) is 4.42 Å². The molecular weight excluding hydrogens is 252 g/mol. The largest absolute Gasteiger partial charge is 0.451 e. The fourth-order valence-electron chi connectivity index (χ4n) is 3.44. The second kappa shape index (κ2) is 4.35. The van der Waals surface area contributed by atoms with Crippen molar-refractivity contribution in [2.45, 2.75) is 19.4 Å². The third-order valence-electron chi connectivity index (χ3n) is 4.53. The topological polar surface area (TPSA) is 45.5 Å². The summed E-state index contributed by atoms with van der Waals surface area (Å²) in [6, 6.07) is 8.33. The molecule has 3 heterocycles. The summed E-state index contributed by atoms with van der Waals surface area (Å²) in [5.41, 5.74) is 1.97. The SMILES string of the molecule is Cc1ccc2oc(C(=O)N3C[C@@H]4CCN[C@@H]4C3)cc2c1. The molecular formula is C16H18N2O2. The third-order valence-corrected chi connectivity index (χ3v) is 4.53. The molecule has 0 aliphatic carbocycles. The molecule has 104 valence electrons. The van der Waals surface area contributed by atoms with Gasteiger partial charge in [0.25, 0.3) is 5.91 Å². The molecule has 2 atom stereocenters. The lowest BCUT2D eigenvalue weighted by atomic mass is 10.1. The number of hydrogen-bond donors (Lipinski definition) is 1. The van der Waals surface area contributed by atoms with Crippen LogP contribution in [0.3, 0.4) is 0 Å². The molecule has 2 aromatic rings. The minimum absolute atomic E-state index is 0.0232. The van der Waals surface area contributed by atoms with Crippen molar-refractivity contribution in [2.75, 3.05) is 19.6 Å². The number of amides is 1. The van der Waals surface area contributed by atoms with E-state index in [1.165, 1.54) is 12.0 Å². The van der Waals surface area contributed by atoms with E-state index in [1.54, 1.807) is 0 Å². The Bertz CT molecular complexity index is 664. The van der Waals surface area contributed by atoms with Crippen LogP contribution >= 0.6 is 0 Å². The third kappa shape index (κ3) is 1.83. The van der Waals surface area contributed by atoms with Gasteiger partial charge in [0.05, 0.1) is 0 Å². The number of carbonyl (C=O) groups is 1. The maximum Gasteiger partial charge on any atom is 0.289 e. The zero-order chi connectivity index (χ0) is 13.7. The van der Waals surface area contributed by atoms with Gasteiger partial charge in [-0.05, 0) is 44.0 Å². The first-order chi connectivity index (χ1) is 9.70. The summed E-state index contributed by atoms with van der Waals surface area (Å²) in [7, 11) is 0. The number of benzene rings is 1. The van der Waals surface area contributed by atoms with E-state index in [1.807, 2.05) is 30.0 Å². The van der Waals surface area contributed by atoms with Crippen LogP contribution in [0.25, 0.3) is 11.0 Å². The number of furan rings is 1. The Hall–Kier alpha value is -1.81. The predicted molar refractivity (Wildman–Crippen MR) is 76.8 cm³/mol. The molecule has 0 unspecified atom stereocenters. The van der Waals surface area contributed by atoms with E-state index < -0.39 is 0 Å². The molecule has 1 aromatic heterocycles. The van der Waals surface area contributed by atoms with Crippen molar-refractivity contribution in [1.29, 1.82) is 0 Å². The number of carbonyl (C=O) groups excluding carboxylic acids is 1. The minimum Gasteiger partial charge on any atom is -0.451 e. The molecule has 0 spiro atoms. The van der Waals surface area contributed by atoms with Crippen LogP contribution in [-0.2, 0) is 0 Å². The van der Waals surface area contributed by atoms with Gasteiger partial charge in [0.15, 0.2) is 5.76 Å². The Morgan fingerprint density at radius 2 is 2.25 bits per heavy atom. The number of rotatable bonds is 1. The highest BCUT2D eigenvalue weighted by Crippen LogP contribution is 2.27. The molecule has 4 nitrogen and oxygen atoms in total. The van der Waals surface area contributed by atoms with Gasteiger partial charge in [-0.15, -0.1) is 0 Å².